The van der Waals surface area contributed by atoms with Gasteiger partial charge in [0, 0.05) is 18.7 Å². The van der Waals surface area contributed by atoms with Crippen LogP contribution in [0.15, 0.2) is 23.1 Å². The van der Waals surface area contributed by atoms with Gasteiger partial charge in [0.05, 0.1) is 11.1 Å². The maximum Gasteiger partial charge on any atom is 0.285 e. The molecule has 76 valence electrons. The van der Waals surface area contributed by atoms with E-state index in [1.165, 1.54) is 22.9 Å². The number of hydrogen-bond acceptors (Lipinski definition) is 3. The summed E-state index contributed by atoms with van der Waals surface area (Å²) in [6.07, 6.45) is 1.28. The van der Waals surface area contributed by atoms with Gasteiger partial charge in [0.1, 0.15) is 0 Å². The molecule has 0 amide bonds. The molecule has 0 saturated heterocycles. The molecule has 0 aliphatic carbocycles. The van der Waals surface area contributed by atoms with Crippen molar-refractivity contribution in [2.45, 2.75) is 20.4 Å². The van der Waals surface area contributed by atoms with Crippen LogP contribution in [0.5, 0.6) is 0 Å². The highest BCUT2D eigenvalue weighted by Crippen LogP contribution is 2.07. The maximum absolute atomic E-state index is 11.3. The first-order valence-electron chi connectivity index (χ1n) is 4.35. The zero-order valence-electron chi connectivity index (χ0n) is 8.14. The molecule has 0 N–H and O–H groups in total. The van der Waals surface area contributed by atoms with Crippen LogP contribution in [0, 0.1) is 16.0 Å². The second kappa shape index (κ2) is 4.04. The van der Waals surface area contributed by atoms with E-state index in [9.17, 15) is 14.9 Å². The third kappa shape index (κ3) is 2.42. The van der Waals surface area contributed by atoms with Crippen LogP contribution >= 0.6 is 0 Å². The molecule has 0 spiro atoms. The van der Waals surface area contributed by atoms with Gasteiger partial charge in [-0.25, -0.2) is 0 Å². The van der Waals surface area contributed by atoms with Crippen molar-refractivity contribution in [3.8, 4) is 0 Å². The predicted molar refractivity (Wildman–Crippen MR) is 52.2 cm³/mol. The molecule has 0 fully saturated rings. The van der Waals surface area contributed by atoms with E-state index in [0.717, 1.165) is 0 Å². The van der Waals surface area contributed by atoms with Gasteiger partial charge in [-0.2, -0.15) is 0 Å². The summed E-state index contributed by atoms with van der Waals surface area (Å²) in [6.45, 7) is 4.40. The molecule has 5 nitrogen and oxygen atoms in total. The minimum atomic E-state index is -0.504. The molecule has 0 radical (unpaired) electrons. The molecule has 0 aliphatic rings. The Balaban J connectivity index is 3.08. The quantitative estimate of drug-likeness (QED) is 0.542. The molecule has 1 heterocycles. The fourth-order valence-electron chi connectivity index (χ4n) is 1.16. The average Bonchev–Trinajstić information content (AvgIpc) is 2.07. The highest BCUT2D eigenvalue weighted by atomic mass is 16.6. The lowest BCUT2D eigenvalue weighted by Gasteiger charge is -2.07. The van der Waals surface area contributed by atoms with E-state index in [0.29, 0.717) is 6.54 Å². The maximum atomic E-state index is 11.3. The summed E-state index contributed by atoms with van der Waals surface area (Å²) in [6, 6.07) is 2.44. The van der Waals surface area contributed by atoms with Gasteiger partial charge in [-0.3, -0.25) is 14.9 Å². The Morgan fingerprint density at radius 1 is 1.50 bits per heavy atom. The van der Waals surface area contributed by atoms with Gasteiger partial charge in [-0.1, -0.05) is 13.8 Å². The Hall–Kier alpha value is -1.65. The van der Waals surface area contributed by atoms with Gasteiger partial charge < -0.3 is 4.57 Å². The van der Waals surface area contributed by atoms with E-state index in [1.807, 2.05) is 13.8 Å². The molecule has 0 aliphatic heterocycles. The monoisotopic (exact) mass is 196 g/mol. The second-order valence-corrected chi connectivity index (χ2v) is 3.53. The molecule has 0 aromatic carbocycles. The molecule has 0 atom stereocenters. The topological polar surface area (TPSA) is 65.1 Å². The summed E-state index contributed by atoms with van der Waals surface area (Å²) in [5.41, 5.74) is -0.255. The van der Waals surface area contributed by atoms with Gasteiger partial charge >= 0.3 is 0 Å². The van der Waals surface area contributed by atoms with Gasteiger partial charge in [0.15, 0.2) is 0 Å². The van der Waals surface area contributed by atoms with Crippen LogP contribution in [-0.2, 0) is 6.54 Å². The van der Waals surface area contributed by atoms with Gasteiger partial charge in [0.2, 0.25) is 0 Å². The van der Waals surface area contributed by atoms with Crippen LogP contribution in [0.25, 0.3) is 0 Å². The van der Waals surface area contributed by atoms with Crippen LogP contribution in [0.4, 0.5) is 5.69 Å². The molecule has 5 heteroatoms. The Morgan fingerprint density at radius 2 is 2.14 bits per heavy atom. The van der Waals surface area contributed by atoms with E-state index in [1.54, 1.807) is 0 Å². The van der Waals surface area contributed by atoms with Crippen LogP contribution in [0.1, 0.15) is 13.8 Å². The van der Waals surface area contributed by atoms with Crippen molar-refractivity contribution in [3.05, 3.63) is 38.8 Å². The molecule has 0 saturated carbocycles. The number of rotatable bonds is 3. The van der Waals surface area contributed by atoms with Gasteiger partial charge in [-0.05, 0) is 5.92 Å². The smallest absolute Gasteiger partial charge is 0.285 e. The Kier molecular flexibility index (Phi) is 3.01. The highest BCUT2D eigenvalue weighted by Gasteiger charge is 2.08. The standard InChI is InChI=1S/C9H12N2O3/c1-7(2)5-10-6-8(11(13)14)3-4-9(10)12/h3-4,6-7H,5H2,1-2H3. The summed E-state index contributed by atoms with van der Waals surface area (Å²) in [7, 11) is 0. The van der Waals surface area contributed by atoms with E-state index >= 15 is 0 Å². The first kappa shape index (κ1) is 10.4. The minimum absolute atomic E-state index is 0.0507. The van der Waals surface area contributed by atoms with Crippen molar-refractivity contribution in [2.75, 3.05) is 0 Å². The molecule has 1 aromatic rings. The second-order valence-electron chi connectivity index (χ2n) is 3.53. The molecule has 0 bridgehead atoms. The van der Waals surface area contributed by atoms with Gasteiger partial charge in [0.25, 0.3) is 11.2 Å². The lowest BCUT2D eigenvalue weighted by Crippen LogP contribution is -2.21. The molecular weight excluding hydrogens is 184 g/mol. The normalized spacial score (nSPS) is 10.5. The Labute approximate surface area is 81.1 Å². The zero-order chi connectivity index (χ0) is 10.7. The van der Waals surface area contributed by atoms with Crippen molar-refractivity contribution < 1.29 is 4.92 Å². The van der Waals surface area contributed by atoms with Crippen molar-refractivity contribution in [3.63, 3.8) is 0 Å². The van der Waals surface area contributed by atoms with Crippen LogP contribution < -0.4 is 5.56 Å². The molecule has 1 aromatic heterocycles. The Morgan fingerprint density at radius 3 is 2.64 bits per heavy atom. The van der Waals surface area contributed by atoms with E-state index < -0.39 is 4.92 Å². The predicted octanol–water partition coefficient (Wildman–Crippen LogP) is 1.41. The largest absolute Gasteiger partial charge is 0.309 e. The molecule has 1 rings (SSSR count). The first-order valence-corrected chi connectivity index (χ1v) is 4.35. The Bertz CT molecular complexity index is 395. The van der Waals surface area contributed by atoms with E-state index in [2.05, 4.69) is 0 Å². The lowest BCUT2D eigenvalue weighted by atomic mass is 10.2. The average molecular weight is 196 g/mol. The summed E-state index contributed by atoms with van der Waals surface area (Å²) in [4.78, 5) is 21.2. The molecule has 14 heavy (non-hydrogen) atoms. The highest BCUT2D eigenvalue weighted by molar-refractivity contribution is 5.24. The third-order valence-electron chi connectivity index (χ3n) is 1.74. The van der Waals surface area contributed by atoms with E-state index in [4.69, 9.17) is 0 Å². The summed E-state index contributed by atoms with van der Waals surface area (Å²) in [5, 5.41) is 10.4. The fourth-order valence-corrected chi connectivity index (χ4v) is 1.16. The summed E-state index contributed by atoms with van der Waals surface area (Å²) >= 11 is 0. The first-order chi connectivity index (χ1) is 6.50. The van der Waals surface area contributed by atoms with Crippen molar-refractivity contribution in [1.29, 1.82) is 0 Å². The molecular formula is C9H12N2O3. The van der Waals surface area contributed by atoms with Crippen LogP contribution in [0.2, 0.25) is 0 Å². The number of nitrogens with zero attached hydrogens (tertiary/aromatic N) is 2. The third-order valence-corrected chi connectivity index (χ3v) is 1.74. The van der Waals surface area contributed by atoms with Crippen LogP contribution in [-0.4, -0.2) is 9.49 Å². The van der Waals surface area contributed by atoms with Crippen molar-refractivity contribution in [2.24, 2.45) is 5.92 Å². The number of nitro groups is 1. The SMILES string of the molecule is CC(C)Cn1cc([N+](=O)[O-])ccc1=O. The van der Waals surface area contributed by atoms with Gasteiger partial charge in [-0.15, -0.1) is 0 Å². The number of hydrogen-bond donors (Lipinski definition) is 0. The van der Waals surface area contributed by atoms with Crippen molar-refractivity contribution in [1.82, 2.24) is 4.57 Å². The lowest BCUT2D eigenvalue weighted by molar-refractivity contribution is -0.385. The minimum Gasteiger partial charge on any atom is -0.309 e. The van der Waals surface area contributed by atoms with Crippen LogP contribution in [0.3, 0.4) is 0 Å². The summed E-state index contributed by atoms with van der Waals surface area (Å²) in [5.74, 6) is 0.287. The van der Waals surface area contributed by atoms with E-state index in [-0.39, 0.29) is 17.2 Å². The van der Waals surface area contributed by atoms with Crippen molar-refractivity contribution >= 4 is 5.69 Å². The fraction of sp³-hybridized carbons (Fsp3) is 0.444. The summed E-state index contributed by atoms with van der Waals surface area (Å²) < 4.78 is 1.36. The number of pyridine rings is 1. The number of aromatic nitrogens is 1. The zero-order valence-corrected chi connectivity index (χ0v) is 8.14. The molecule has 0 unspecified atom stereocenters.